The normalized spacial score (nSPS) is 21.7. The van der Waals surface area contributed by atoms with Crippen molar-refractivity contribution in [3.8, 4) is 0 Å². The van der Waals surface area contributed by atoms with E-state index in [1.54, 1.807) is 12.3 Å². The minimum atomic E-state index is 0.000585. The fourth-order valence-corrected chi connectivity index (χ4v) is 2.83. The lowest BCUT2D eigenvalue weighted by atomic mass is 10.2. The molecule has 0 N–H and O–H groups in total. The summed E-state index contributed by atoms with van der Waals surface area (Å²) in [6, 6.07) is 5.65. The van der Waals surface area contributed by atoms with E-state index in [4.69, 9.17) is 0 Å². The molecule has 0 unspecified atom stereocenters. The Hall–Kier alpha value is -2.24. The molecule has 108 valence electrons. The van der Waals surface area contributed by atoms with Crippen LogP contribution in [0.4, 0.5) is 0 Å². The number of aromatic nitrogens is 4. The molecule has 3 heterocycles. The number of likely N-dealkylation sites (tertiary alicyclic amines) is 1. The largest absolute Gasteiger partial charge is 0.335 e. The molecule has 0 aromatic carbocycles. The second-order valence-electron chi connectivity index (χ2n) is 5.81. The van der Waals surface area contributed by atoms with E-state index in [0.717, 1.165) is 18.7 Å². The van der Waals surface area contributed by atoms with Crippen LogP contribution in [-0.4, -0.2) is 43.9 Å². The first-order valence-electron chi connectivity index (χ1n) is 7.43. The molecular weight excluding hydrogens is 266 g/mol. The third kappa shape index (κ3) is 2.41. The number of nitrogens with zero attached hydrogens (tertiary/aromatic N) is 5. The van der Waals surface area contributed by atoms with E-state index in [0.29, 0.717) is 18.2 Å². The molecule has 21 heavy (non-hydrogen) atoms. The monoisotopic (exact) mass is 283 g/mol. The lowest BCUT2D eigenvalue weighted by Crippen LogP contribution is -2.29. The summed E-state index contributed by atoms with van der Waals surface area (Å²) in [5, 5.41) is 8.49. The van der Waals surface area contributed by atoms with E-state index >= 15 is 0 Å². The van der Waals surface area contributed by atoms with Gasteiger partial charge in [0, 0.05) is 31.4 Å². The molecule has 1 saturated carbocycles. The van der Waals surface area contributed by atoms with Gasteiger partial charge in [0.15, 0.2) is 0 Å². The zero-order valence-electron chi connectivity index (χ0n) is 11.7. The van der Waals surface area contributed by atoms with Crippen LogP contribution in [0, 0.1) is 0 Å². The lowest BCUT2D eigenvalue weighted by Gasteiger charge is -2.15. The molecule has 2 aromatic rings. The summed E-state index contributed by atoms with van der Waals surface area (Å²) in [6.45, 7) is 1.43. The Bertz CT molecular complexity index is 649. The van der Waals surface area contributed by atoms with E-state index < -0.39 is 0 Å². The number of rotatable bonds is 3. The van der Waals surface area contributed by atoms with Crippen LogP contribution >= 0.6 is 0 Å². The minimum absolute atomic E-state index is 0.000585. The van der Waals surface area contributed by atoms with Crippen LogP contribution in [0.25, 0.3) is 0 Å². The molecule has 6 heteroatoms. The van der Waals surface area contributed by atoms with Gasteiger partial charge in [0.05, 0.1) is 11.7 Å². The first-order chi connectivity index (χ1) is 10.3. The molecule has 6 nitrogen and oxygen atoms in total. The fourth-order valence-electron chi connectivity index (χ4n) is 2.83. The van der Waals surface area contributed by atoms with E-state index in [2.05, 4.69) is 21.5 Å². The summed E-state index contributed by atoms with van der Waals surface area (Å²) in [5.41, 5.74) is 1.61. The van der Waals surface area contributed by atoms with Gasteiger partial charge < -0.3 is 4.90 Å². The van der Waals surface area contributed by atoms with Crippen molar-refractivity contribution in [1.29, 1.82) is 0 Å². The molecular formula is C15H17N5O. The van der Waals surface area contributed by atoms with Crippen LogP contribution < -0.4 is 0 Å². The summed E-state index contributed by atoms with van der Waals surface area (Å²) in [5.74, 6) is 0.618. The standard InChI is InChI=1S/C15H17N5O/c21-15(13-3-1-2-7-16-13)19-8-6-12(9-19)20-10-14(17-18-20)11-4-5-11/h1-3,7,10-12H,4-6,8-9H2/t12-/m0/s1. The summed E-state index contributed by atoms with van der Waals surface area (Å²) in [6.07, 6.45) is 7.09. The minimum Gasteiger partial charge on any atom is -0.335 e. The van der Waals surface area contributed by atoms with Gasteiger partial charge in [0.25, 0.3) is 5.91 Å². The average Bonchev–Trinajstić information content (AvgIpc) is 3.07. The summed E-state index contributed by atoms with van der Waals surface area (Å²) in [4.78, 5) is 18.3. The first kappa shape index (κ1) is 12.5. The zero-order valence-corrected chi connectivity index (χ0v) is 11.7. The Kier molecular flexibility index (Phi) is 2.94. The molecule has 0 bridgehead atoms. The lowest BCUT2D eigenvalue weighted by molar-refractivity contribution is 0.0781. The highest BCUT2D eigenvalue weighted by Gasteiger charge is 2.31. The number of amides is 1. The highest BCUT2D eigenvalue weighted by Crippen LogP contribution is 2.39. The molecule has 1 atom stereocenters. The third-order valence-electron chi connectivity index (χ3n) is 4.23. The van der Waals surface area contributed by atoms with Gasteiger partial charge in [-0.3, -0.25) is 9.78 Å². The van der Waals surface area contributed by atoms with Crippen LogP contribution in [0.2, 0.25) is 0 Å². The molecule has 1 aliphatic heterocycles. The van der Waals surface area contributed by atoms with Gasteiger partial charge in [-0.05, 0) is 31.4 Å². The van der Waals surface area contributed by atoms with Gasteiger partial charge in [-0.15, -0.1) is 5.10 Å². The molecule has 1 aliphatic carbocycles. The van der Waals surface area contributed by atoms with Crippen molar-refractivity contribution in [3.63, 3.8) is 0 Å². The Morgan fingerprint density at radius 1 is 1.24 bits per heavy atom. The van der Waals surface area contributed by atoms with Crippen LogP contribution in [-0.2, 0) is 0 Å². The highest BCUT2D eigenvalue weighted by molar-refractivity contribution is 5.92. The van der Waals surface area contributed by atoms with E-state index in [1.807, 2.05) is 21.7 Å². The summed E-state index contributed by atoms with van der Waals surface area (Å²) < 4.78 is 1.93. The van der Waals surface area contributed by atoms with Gasteiger partial charge >= 0.3 is 0 Å². The smallest absolute Gasteiger partial charge is 0.272 e. The number of pyridine rings is 1. The van der Waals surface area contributed by atoms with Crippen molar-refractivity contribution in [2.45, 2.75) is 31.2 Å². The van der Waals surface area contributed by atoms with Crippen LogP contribution in [0.15, 0.2) is 30.6 Å². The maximum absolute atomic E-state index is 12.4. The quantitative estimate of drug-likeness (QED) is 0.859. The van der Waals surface area contributed by atoms with Crippen LogP contribution in [0.1, 0.15) is 47.4 Å². The van der Waals surface area contributed by atoms with Gasteiger partial charge in [-0.1, -0.05) is 11.3 Å². The maximum atomic E-state index is 12.4. The molecule has 2 aromatic heterocycles. The van der Waals surface area contributed by atoms with E-state index in [9.17, 15) is 4.79 Å². The van der Waals surface area contributed by atoms with Gasteiger partial charge in [0.2, 0.25) is 0 Å². The predicted octanol–water partition coefficient (Wildman–Crippen LogP) is 1.64. The Morgan fingerprint density at radius 3 is 2.90 bits per heavy atom. The second-order valence-corrected chi connectivity index (χ2v) is 5.81. The number of carbonyl (C=O) groups is 1. The zero-order chi connectivity index (χ0) is 14.2. The second kappa shape index (κ2) is 4.95. The highest BCUT2D eigenvalue weighted by atomic mass is 16.2. The fraction of sp³-hybridized carbons (Fsp3) is 0.467. The summed E-state index contributed by atoms with van der Waals surface area (Å²) in [7, 11) is 0. The Morgan fingerprint density at radius 2 is 2.14 bits per heavy atom. The number of hydrogen-bond donors (Lipinski definition) is 0. The number of carbonyl (C=O) groups excluding carboxylic acids is 1. The third-order valence-corrected chi connectivity index (χ3v) is 4.23. The first-order valence-corrected chi connectivity index (χ1v) is 7.43. The van der Waals surface area contributed by atoms with Crippen molar-refractivity contribution in [2.24, 2.45) is 0 Å². The molecule has 2 fully saturated rings. The van der Waals surface area contributed by atoms with Crippen LogP contribution in [0.3, 0.4) is 0 Å². The van der Waals surface area contributed by atoms with Crippen LogP contribution in [0.5, 0.6) is 0 Å². The van der Waals surface area contributed by atoms with Gasteiger partial charge in [-0.25, -0.2) is 4.68 Å². The van der Waals surface area contributed by atoms with Crippen molar-refractivity contribution < 1.29 is 4.79 Å². The predicted molar refractivity (Wildman–Crippen MR) is 75.8 cm³/mol. The molecule has 0 radical (unpaired) electrons. The molecule has 0 spiro atoms. The SMILES string of the molecule is O=C(c1ccccn1)N1CC[C@H](n2cc(C3CC3)nn2)C1. The van der Waals surface area contributed by atoms with Crippen molar-refractivity contribution in [3.05, 3.63) is 42.0 Å². The molecule has 2 aliphatic rings. The van der Waals surface area contributed by atoms with Crippen molar-refractivity contribution >= 4 is 5.91 Å². The van der Waals surface area contributed by atoms with E-state index in [1.165, 1.54) is 12.8 Å². The Labute approximate surface area is 122 Å². The number of hydrogen-bond acceptors (Lipinski definition) is 4. The maximum Gasteiger partial charge on any atom is 0.272 e. The Balaban J connectivity index is 1.45. The molecule has 4 rings (SSSR count). The van der Waals surface area contributed by atoms with Gasteiger partial charge in [0.1, 0.15) is 5.69 Å². The average molecular weight is 283 g/mol. The molecule has 1 amide bonds. The van der Waals surface area contributed by atoms with Crippen molar-refractivity contribution in [1.82, 2.24) is 24.9 Å². The van der Waals surface area contributed by atoms with Gasteiger partial charge in [-0.2, -0.15) is 0 Å². The topological polar surface area (TPSA) is 63.9 Å². The molecule has 1 saturated heterocycles. The van der Waals surface area contributed by atoms with Crippen molar-refractivity contribution in [2.75, 3.05) is 13.1 Å². The van der Waals surface area contributed by atoms with E-state index in [-0.39, 0.29) is 11.9 Å². The summed E-state index contributed by atoms with van der Waals surface area (Å²) >= 11 is 0.